The van der Waals surface area contributed by atoms with Crippen LogP contribution in [-0.4, -0.2) is 153 Å². The van der Waals surface area contributed by atoms with Crippen LogP contribution in [0.1, 0.15) is 141 Å². The van der Waals surface area contributed by atoms with E-state index in [-0.39, 0.29) is 72.7 Å². The van der Waals surface area contributed by atoms with Crippen molar-refractivity contribution in [2.24, 2.45) is 107 Å². The van der Waals surface area contributed by atoms with Gasteiger partial charge in [0.1, 0.15) is 36.5 Å². The standard InChI is InChI=1S/C14H18O4.C13H18O.C12H18O3.C8H12O.C7H10O.3C5H8O3.CH2O/c1-8(7-15)13(17)18-14-4-9-2-10(5-14)12(16)11(3-9)6-14;14-6-10-4-9-5-11(10)13-8-2-1-7(3-8)12(9)13;1-8(6-13)12(14)15-7-11-5-9-2-3-10(11)4-9;9-5-8-4-6-1-2-7(8)3-6;8-7-4-5-1-2-6(7)3-5;3*1-4(3-6)5(7)8-2;1-2/h9-11,15H,1-7H2;6-13H,1-5H2;9-11,13H,1-7H2;5-8H,1-4H2;5-6H,1-4H2;3*6H,1,3H2,2H3;1H2. The molecule has 5 N–H and O–H groups in total. The second-order valence-corrected chi connectivity index (χ2v) is 27.3. The molecule has 0 aliphatic heterocycles. The number of aliphatic hydroxyl groups is 5. The van der Waals surface area contributed by atoms with Gasteiger partial charge in [-0.3, -0.25) is 9.59 Å². The van der Waals surface area contributed by atoms with E-state index in [2.05, 4.69) is 47.1 Å². The van der Waals surface area contributed by atoms with Gasteiger partial charge in [-0.2, -0.15) is 0 Å². The summed E-state index contributed by atoms with van der Waals surface area (Å²) in [5.74, 6) is 11.0. The van der Waals surface area contributed by atoms with Gasteiger partial charge in [-0.25, -0.2) is 24.0 Å². The molecule has 17 atom stereocenters. The average molecular weight is 1260 g/mol. The third kappa shape index (κ3) is 19.4. The first-order chi connectivity index (χ1) is 43.0. The Hall–Kier alpha value is -5.80. The number of hydrogen-bond donors (Lipinski definition) is 5. The van der Waals surface area contributed by atoms with Gasteiger partial charge < -0.3 is 63.6 Å². The van der Waals surface area contributed by atoms with Gasteiger partial charge in [0.25, 0.3) is 0 Å². The Morgan fingerprint density at radius 1 is 0.456 bits per heavy atom. The SMILES string of the molecule is C=C(CO)C(=O)OC.C=C(CO)C(=O)OC.C=C(CO)C(=O)OC.C=C(CO)C(=O)OC12CC3CC(C1)C(=O)C(C3)C2.C=C(CO)C(=O)OCC1CC2CCC1C2.C=O.O=C1CC2CCC1C2.O=CC1CC2CC1C1C3CCC(C3)C21.O=CC1CC2CCC1C2. The van der Waals surface area contributed by atoms with Crippen molar-refractivity contribution in [1.82, 2.24) is 0 Å². The van der Waals surface area contributed by atoms with Gasteiger partial charge in [-0.15, -0.1) is 0 Å². The monoisotopic (exact) mass is 1260 g/mol. The Bertz CT molecular complexity index is 2440. The van der Waals surface area contributed by atoms with Crippen molar-refractivity contribution in [3.05, 3.63) is 60.8 Å². The number of esters is 5. The van der Waals surface area contributed by atoms with Crippen molar-refractivity contribution >= 4 is 60.8 Å². The molecule has 0 aromatic heterocycles. The minimum absolute atomic E-state index is 0.0764. The first kappa shape index (κ1) is 74.9. The predicted molar refractivity (Wildman–Crippen MR) is 331 cm³/mol. The number of aldehydes is 2. The molecule has 14 rings (SSSR count). The van der Waals surface area contributed by atoms with Gasteiger partial charge in [0.15, 0.2) is 0 Å². The molecule has 0 heterocycles. The van der Waals surface area contributed by atoms with Crippen LogP contribution in [0.2, 0.25) is 0 Å². The maximum atomic E-state index is 12.0. The Labute approximate surface area is 531 Å². The molecule has 0 aromatic carbocycles. The van der Waals surface area contributed by atoms with Crippen molar-refractivity contribution in [2.45, 2.75) is 147 Å². The average Bonchev–Trinajstić information content (AvgIpc) is 1.50. The lowest BCUT2D eigenvalue weighted by Crippen LogP contribution is -2.57. The molecule has 20 heteroatoms. The zero-order chi connectivity index (χ0) is 66.6. The molecule has 502 valence electrons. The molecule has 0 aromatic rings. The minimum atomic E-state index is -0.563. The number of Topliss-reactive ketones (excluding diaryl/α,β-unsaturated/α-hetero) is 2. The van der Waals surface area contributed by atoms with E-state index >= 15 is 0 Å². The molecule has 14 aliphatic rings. The van der Waals surface area contributed by atoms with E-state index in [1.807, 2.05) is 6.79 Å². The van der Waals surface area contributed by atoms with Crippen LogP contribution in [0.15, 0.2) is 60.8 Å². The van der Waals surface area contributed by atoms with Crippen LogP contribution in [-0.2, 0) is 71.6 Å². The number of carbonyl (C=O) groups is 10. The van der Waals surface area contributed by atoms with E-state index in [0.717, 1.165) is 90.8 Å². The van der Waals surface area contributed by atoms with Crippen LogP contribution in [0.25, 0.3) is 0 Å². The molecule has 17 unspecified atom stereocenters. The maximum absolute atomic E-state index is 12.0. The summed E-state index contributed by atoms with van der Waals surface area (Å²) in [5, 5.41) is 42.3. The van der Waals surface area contributed by atoms with E-state index in [0.29, 0.717) is 60.6 Å². The third-order valence-electron chi connectivity index (χ3n) is 21.9. The first-order valence-corrected chi connectivity index (χ1v) is 32.4. The molecular weight excluding hydrogens is 1160 g/mol. The van der Waals surface area contributed by atoms with Gasteiger partial charge in [0.2, 0.25) is 0 Å². The molecule has 90 heavy (non-hydrogen) atoms. The minimum Gasteiger partial charge on any atom is -0.466 e. The highest BCUT2D eigenvalue weighted by atomic mass is 16.6. The van der Waals surface area contributed by atoms with Crippen LogP contribution in [0.3, 0.4) is 0 Å². The van der Waals surface area contributed by atoms with Crippen molar-refractivity contribution in [3.8, 4) is 0 Å². The van der Waals surface area contributed by atoms with Crippen molar-refractivity contribution in [2.75, 3.05) is 61.0 Å². The summed E-state index contributed by atoms with van der Waals surface area (Å²) in [7, 11) is 3.72. The predicted octanol–water partition coefficient (Wildman–Crippen LogP) is 7.18. The fourth-order valence-corrected chi connectivity index (χ4v) is 17.9. The van der Waals surface area contributed by atoms with Gasteiger partial charge in [0, 0.05) is 36.0 Å². The van der Waals surface area contributed by atoms with Crippen molar-refractivity contribution < 1.29 is 97.2 Å². The molecule has 0 spiro atoms. The van der Waals surface area contributed by atoms with Crippen LogP contribution in [0.4, 0.5) is 0 Å². The summed E-state index contributed by atoms with van der Waals surface area (Å²) >= 11 is 0. The molecule has 14 aliphatic carbocycles. The highest BCUT2D eigenvalue weighted by Gasteiger charge is 2.62. The fourth-order valence-electron chi connectivity index (χ4n) is 17.9. The van der Waals surface area contributed by atoms with Crippen LogP contribution >= 0.6 is 0 Å². The summed E-state index contributed by atoms with van der Waals surface area (Å²) < 4.78 is 23.3. The summed E-state index contributed by atoms with van der Waals surface area (Å²) in [5.41, 5.74) is 0.0160. The fraction of sp³-hybridized carbons (Fsp3) is 0.714. The molecule has 0 saturated heterocycles. The zero-order valence-corrected chi connectivity index (χ0v) is 53.4. The summed E-state index contributed by atoms with van der Waals surface area (Å²) in [4.78, 5) is 106. The molecule has 0 radical (unpaired) electrons. The molecule has 14 saturated carbocycles. The summed E-state index contributed by atoms with van der Waals surface area (Å²) in [6.45, 7) is 17.4. The second kappa shape index (κ2) is 35.9. The number of ether oxygens (including phenoxy) is 5. The van der Waals surface area contributed by atoms with E-state index in [1.54, 1.807) is 0 Å². The van der Waals surface area contributed by atoms with Crippen molar-refractivity contribution in [1.29, 1.82) is 0 Å². The third-order valence-corrected chi connectivity index (χ3v) is 21.9. The highest BCUT2D eigenvalue weighted by molar-refractivity contribution is 5.90. The van der Waals surface area contributed by atoms with Gasteiger partial charge >= 0.3 is 29.8 Å². The van der Waals surface area contributed by atoms with E-state index in [9.17, 15) is 43.2 Å². The van der Waals surface area contributed by atoms with Crippen LogP contribution < -0.4 is 0 Å². The van der Waals surface area contributed by atoms with Gasteiger partial charge in [-0.05, 0) is 199 Å². The zero-order valence-electron chi connectivity index (χ0n) is 53.4. The molecule has 14 bridgehead atoms. The van der Waals surface area contributed by atoms with Crippen LogP contribution in [0.5, 0.6) is 0 Å². The number of hydrogen-bond acceptors (Lipinski definition) is 20. The molecule has 14 fully saturated rings. The number of rotatable bonds is 15. The maximum Gasteiger partial charge on any atom is 0.336 e. The molecule has 20 nitrogen and oxygen atoms in total. The highest BCUT2D eigenvalue weighted by Crippen LogP contribution is 2.68. The molecule has 0 amide bonds. The Morgan fingerprint density at radius 2 is 0.911 bits per heavy atom. The molecular formula is C70H102O20. The van der Waals surface area contributed by atoms with E-state index in [1.165, 1.54) is 137 Å². The number of aliphatic hydroxyl groups excluding tert-OH is 5. The first-order valence-electron chi connectivity index (χ1n) is 32.4. The van der Waals surface area contributed by atoms with Gasteiger partial charge in [-0.1, -0.05) is 45.7 Å². The largest absolute Gasteiger partial charge is 0.466 e. The summed E-state index contributed by atoms with van der Waals surface area (Å²) in [6.07, 6.45) is 28.9. The lowest BCUT2D eigenvalue weighted by Gasteiger charge is -2.54. The van der Waals surface area contributed by atoms with Gasteiger partial charge in [0.05, 0.1) is 88.8 Å². The number of fused-ring (bicyclic) bond motifs is 15. The van der Waals surface area contributed by atoms with E-state index < -0.39 is 35.4 Å². The van der Waals surface area contributed by atoms with Crippen molar-refractivity contribution in [3.63, 3.8) is 0 Å². The Kier molecular flexibility index (Phi) is 29.9. The number of carbonyl (C=O) groups excluding carboxylic acids is 10. The summed E-state index contributed by atoms with van der Waals surface area (Å²) in [6, 6.07) is 0. The smallest absolute Gasteiger partial charge is 0.336 e. The quantitative estimate of drug-likeness (QED) is 0.0356. The second-order valence-electron chi connectivity index (χ2n) is 27.3. The Morgan fingerprint density at radius 3 is 1.29 bits per heavy atom. The topological polar surface area (TPSA) is 318 Å². The number of methoxy groups -OCH3 is 3. The normalized spacial score (nSPS) is 34.4. The Balaban J connectivity index is 0.000000190. The lowest BCUT2D eigenvalue weighted by atomic mass is 9.53. The lowest BCUT2D eigenvalue weighted by molar-refractivity contribution is -0.186. The van der Waals surface area contributed by atoms with Crippen LogP contribution in [0, 0.1) is 107 Å². The van der Waals surface area contributed by atoms with E-state index in [4.69, 9.17) is 39.8 Å². The number of ketones is 2.